The van der Waals surface area contributed by atoms with Gasteiger partial charge >= 0.3 is 0 Å². The van der Waals surface area contributed by atoms with Crippen LogP contribution in [0.5, 0.6) is 0 Å². The lowest BCUT2D eigenvalue weighted by atomic mass is 10.0. The molecule has 34 heavy (non-hydrogen) atoms. The number of pyridine rings is 1. The summed E-state index contributed by atoms with van der Waals surface area (Å²) in [4.78, 5) is 18.5. The zero-order valence-electron chi connectivity index (χ0n) is 21.2. The Labute approximate surface area is 201 Å². The average Bonchev–Trinajstić information content (AvgIpc) is 3.52. The second-order valence-electron chi connectivity index (χ2n) is 10.0. The summed E-state index contributed by atoms with van der Waals surface area (Å²) >= 11 is 0. The molecule has 0 radical (unpaired) electrons. The number of nitrogens with one attached hydrogen (secondary N) is 1. The summed E-state index contributed by atoms with van der Waals surface area (Å²) < 4.78 is 7.96. The highest BCUT2D eigenvalue weighted by atomic mass is 16.5. The molecule has 0 saturated carbocycles. The summed E-state index contributed by atoms with van der Waals surface area (Å²) in [6, 6.07) is 8.26. The van der Waals surface area contributed by atoms with Crippen LogP contribution in [0.2, 0.25) is 0 Å². The zero-order chi connectivity index (χ0) is 24.3. The molecule has 1 N–H and O–H groups in total. The number of nitrogens with zero attached hydrogens (tertiary/aromatic N) is 5. The third-order valence-electron chi connectivity index (χ3n) is 7.29. The molecule has 184 valence electrons. The van der Waals surface area contributed by atoms with Gasteiger partial charge < -0.3 is 9.72 Å². The molecule has 8 nitrogen and oxygen atoms in total. The summed E-state index contributed by atoms with van der Waals surface area (Å²) in [6.07, 6.45) is 4.97. The number of hydrogen-bond donors (Lipinski definition) is 1. The Balaban J connectivity index is 1.72. The highest BCUT2D eigenvalue weighted by molar-refractivity contribution is 5.79. The van der Waals surface area contributed by atoms with Crippen LogP contribution in [0.1, 0.15) is 83.3 Å². The van der Waals surface area contributed by atoms with E-state index in [0.29, 0.717) is 6.54 Å². The Kier molecular flexibility index (Phi) is 7.48. The fourth-order valence-corrected chi connectivity index (χ4v) is 4.80. The summed E-state index contributed by atoms with van der Waals surface area (Å²) in [7, 11) is 0. The van der Waals surface area contributed by atoms with Crippen molar-refractivity contribution < 1.29 is 4.74 Å². The maximum Gasteiger partial charge on any atom is 0.252 e. The van der Waals surface area contributed by atoms with E-state index in [0.717, 1.165) is 67.5 Å². The van der Waals surface area contributed by atoms with Gasteiger partial charge in [0.05, 0.1) is 17.7 Å². The smallest absolute Gasteiger partial charge is 0.252 e. The number of aromatic nitrogens is 5. The minimum Gasteiger partial charge on any atom is -0.377 e. The van der Waals surface area contributed by atoms with Crippen LogP contribution in [0.25, 0.3) is 10.9 Å². The number of tetrazole rings is 1. The lowest BCUT2D eigenvalue weighted by Gasteiger charge is -2.34. The van der Waals surface area contributed by atoms with Crippen LogP contribution in [0.3, 0.4) is 0 Å². The van der Waals surface area contributed by atoms with Crippen LogP contribution in [-0.4, -0.2) is 49.3 Å². The first-order valence-electron chi connectivity index (χ1n) is 12.7. The lowest BCUT2D eigenvalue weighted by Crippen LogP contribution is -2.39. The topological polar surface area (TPSA) is 88.9 Å². The number of benzene rings is 1. The number of fused-ring (bicyclic) bond motifs is 1. The monoisotopic (exact) mass is 466 g/mol. The van der Waals surface area contributed by atoms with Crippen molar-refractivity contribution in [3.05, 3.63) is 51.6 Å². The largest absolute Gasteiger partial charge is 0.377 e. The molecule has 0 unspecified atom stereocenters. The Morgan fingerprint density at radius 3 is 2.76 bits per heavy atom. The summed E-state index contributed by atoms with van der Waals surface area (Å²) in [5.41, 5.74) is 2.65. The molecule has 3 aromatic rings. The van der Waals surface area contributed by atoms with Crippen molar-refractivity contribution in [1.82, 2.24) is 30.1 Å². The van der Waals surface area contributed by atoms with Crippen LogP contribution in [0.15, 0.2) is 29.1 Å². The molecule has 2 aromatic heterocycles. The van der Waals surface area contributed by atoms with Crippen LogP contribution >= 0.6 is 0 Å². The Bertz CT molecular complexity index is 1160. The molecule has 0 bridgehead atoms. The molecular weight excluding hydrogens is 428 g/mol. The van der Waals surface area contributed by atoms with Crippen molar-refractivity contribution in [2.24, 2.45) is 0 Å². The van der Waals surface area contributed by atoms with E-state index in [-0.39, 0.29) is 23.2 Å². The SMILES string of the molecule is CCc1ccc2[nH]c(=O)c(CN(C[C@@H]3CCCO3)[C@@H](CC)c3nnnn3C(C)(C)CC)cc2c1. The first-order valence-corrected chi connectivity index (χ1v) is 12.7. The number of aromatic amines is 1. The second kappa shape index (κ2) is 10.4. The quantitative estimate of drug-likeness (QED) is 0.478. The van der Waals surface area contributed by atoms with Crippen LogP contribution in [0, 0.1) is 0 Å². The van der Waals surface area contributed by atoms with E-state index in [4.69, 9.17) is 4.74 Å². The first-order chi connectivity index (χ1) is 16.4. The van der Waals surface area contributed by atoms with Crippen LogP contribution in [-0.2, 0) is 23.2 Å². The van der Waals surface area contributed by atoms with Gasteiger partial charge in [-0.25, -0.2) is 4.68 Å². The van der Waals surface area contributed by atoms with E-state index in [1.807, 2.05) is 16.8 Å². The summed E-state index contributed by atoms with van der Waals surface area (Å²) in [6.45, 7) is 12.8. The van der Waals surface area contributed by atoms with E-state index in [1.54, 1.807) is 0 Å². The van der Waals surface area contributed by atoms with Gasteiger partial charge in [-0.2, -0.15) is 0 Å². The minimum atomic E-state index is -0.196. The molecule has 1 saturated heterocycles. The highest BCUT2D eigenvalue weighted by Gasteiger charge is 2.32. The third-order valence-corrected chi connectivity index (χ3v) is 7.29. The maximum absolute atomic E-state index is 13.1. The van der Waals surface area contributed by atoms with Gasteiger partial charge in [0, 0.05) is 30.8 Å². The molecule has 3 heterocycles. The molecule has 1 aliphatic rings. The number of rotatable bonds is 10. The Hall–Kier alpha value is -2.58. The van der Waals surface area contributed by atoms with E-state index in [9.17, 15) is 4.79 Å². The van der Waals surface area contributed by atoms with Gasteiger partial charge in [0.25, 0.3) is 5.56 Å². The van der Waals surface area contributed by atoms with Crippen molar-refractivity contribution >= 4 is 10.9 Å². The molecule has 0 aliphatic carbocycles. The maximum atomic E-state index is 13.1. The second-order valence-corrected chi connectivity index (χ2v) is 10.0. The van der Waals surface area contributed by atoms with Crippen LogP contribution in [0.4, 0.5) is 0 Å². The van der Waals surface area contributed by atoms with Gasteiger partial charge in [-0.05, 0) is 85.5 Å². The molecule has 8 heteroatoms. The summed E-state index contributed by atoms with van der Waals surface area (Å²) in [5, 5.41) is 13.9. The van der Waals surface area contributed by atoms with Crippen molar-refractivity contribution in [2.75, 3.05) is 13.2 Å². The van der Waals surface area contributed by atoms with E-state index in [1.165, 1.54) is 5.56 Å². The molecule has 1 fully saturated rings. The molecular formula is C26H38N6O2. The van der Waals surface area contributed by atoms with Gasteiger partial charge in [-0.3, -0.25) is 9.69 Å². The van der Waals surface area contributed by atoms with Crippen molar-refractivity contribution in [3.63, 3.8) is 0 Å². The lowest BCUT2D eigenvalue weighted by molar-refractivity contribution is 0.0475. The van der Waals surface area contributed by atoms with Gasteiger partial charge in [0.1, 0.15) is 0 Å². The number of hydrogen-bond acceptors (Lipinski definition) is 6. The van der Waals surface area contributed by atoms with Crippen molar-refractivity contribution in [1.29, 1.82) is 0 Å². The predicted molar refractivity (Wildman–Crippen MR) is 134 cm³/mol. The minimum absolute atomic E-state index is 0.0258. The van der Waals surface area contributed by atoms with Gasteiger partial charge in [0.15, 0.2) is 5.82 Å². The molecule has 0 spiro atoms. The molecule has 2 atom stereocenters. The van der Waals surface area contributed by atoms with Gasteiger partial charge in [-0.15, -0.1) is 5.10 Å². The van der Waals surface area contributed by atoms with E-state index >= 15 is 0 Å². The highest BCUT2D eigenvalue weighted by Crippen LogP contribution is 2.30. The Morgan fingerprint density at radius 2 is 2.09 bits per heavy atom. The number of aryl methyl sites for hydroxylation is 1. The van der Waals surface area contributed by atoms with Gasteiger partial charge in [0.2, 0.25) is 0 Å². The number of ether oxygens (including phenoxy) is 1. The fourth-order valence-electron chi connectivity index (χ4n) is 4.80. The van der Waals surface area contributed by atoms with Crippen molar-refractivity contribution in [3.8, 4) is 0 Å². The average molecular weight is 467 g/mol. The third kappa shape index (κ3) is 5.08. The van der Waals surface area contributed by atoms with E-state index < -0.39 is 0 Å². The molecule has 1 aliphatic heterocycles. The van der Waals surface area contributed by atoms with Gasteiger partial charge in [-0.1, -0.05) is 26.8 Å². The Morgan fingerprint density at radius 1 is 1.26 bits per heavy atom. The predicted octanol–water partition coefficient (Wildman–Crippen LogP) is 4.35. The van der Waals surface area contributed by atoms with Crippen molar-refractivity contribution in [2.45, 2.75) is 91.0 Å². The summed E-state index contributed by atoms with van der Waals surface area (Å²) in [5.74, 6) is 0.845. The normalized spacial score (nSPS) is 17.6. The zero-order valence-corrected chi connectivity index (χ0v) is 21.2. The molecule has 1 aromatic carbocycles. The molecule has 4 rings (SSSR count). The van der Waals surface area contributed by atoms with Crippen LogP contribution < -0.4 is 5.56 Å². The molecule has 0 amide bonds. The van der Waals surface area contributed by atoms with E-state index in [2.05, 4.69) is 72.2 Å². The first kappa shape index (κ1) is 24.5. The number of H-pyrrole nitrogens is 1. The standard InChI is InChI=1S/C26H38N6O2/c1-6-18-11-12-22-19(14-18)15-20(25(33)27-22)16-31(17-21-10-9-13-34-21)23(7-2)24-28-29-30-32(24)26(4,5)8-3/h11-12,14-15,21,23H,6-10,13,16-17H2,1-5H3,(H,27,33)/t21-,23-/m0/s1. The fraction of sp³-hybridized carbons (Fsp3) is 0.615.